The lowest BCUT2D eigenvalue weighted by Crippen LogP contribution is -2.09. The smallest absolute Gasteiger partial charge is 0.282 e. The Morgan fingerprint density at radius 1 is 0.708 bits per heavy atom. The topological polar surface area (TPSA) is 109 Å². The van der Waals surface area contributed by atoms with Crippen molar-refractivity contribution in [2.45, 2.75) is 23.6 Å². The summed E-state index contributed by atoms with van der Waals surface area (Å²) in [6.45, 7) is 3.03. The molecule has 0 atom stereocenters. The zero-order valence-electron chi connectivity index (χ0n) is 12.4. The molecule has 24 heavy (non-hydrogen) atoms. The second-order valence-electron chi connectivity index (χ2n) is 5.05. The normalized spacial score (nSPS) is 12.4. The van der Waals surface area contributed by atoms with E-state index in [9.17, 15) is 25.9 Å². The molecule has 0 heterocycles. The number of rotatable bonds is 3. The second kappa shape index (κ2) is 6.79. The zero-order chi connectivity index (χ0) is 18.4. The Morgan fingerprint density at radius 3 is 1.25 bits per heavy atom. The van der Waals surface area contributed by atoms with Crippen molar-refractivity contribution >= 4 is 65.4 Å². The molecule has 0 saturated carbocycles. The van der Waals surface area contributed by atoms with Crippen LogP contribution >= 0.6 is 45.2 Å². The van der Waals surface area contributed by atoms with E-state index >= 15 is 0 Å². The average Bonchev–Trinajstić information content (AvgIpc) is 2.41. The fourth-order valence-electron chi connectivity index (χ4n) is 2.42. The molecule has 0 unspecified atom stereocenters. The van der Waals surface area contributed by atoms with Crippen molar-refractivity contribution in [2.75, 3.05) is 0 Å². The van der Waals surface area contributed by atoms with Crippen LogP contribution in [0, 0.1) is 21.0 Å². The van der Waals surface area contributed by atoms with E-state index < -0.39 is 20.2 Å². The highest BCUT2D eigenvalue weighted by Crippen LogP contribution is 2.38. The summed E-state index contributed by atoms with van der Waals surface area (Å²) >= 11 is 3.84. The van der Waals surface area contributed by atoms with Gasteiger partial charge in [0.25, 0.3) is 20.2 Å². The van der Waals surface area contributed by atoms with Gasteiger partial charge in [-0.1, -0.05) is 12.1 Å². The number of halogens is 2. The van der Waals surface area contributed by atoms with Gasteiger partial charge in [0.05, 0.1) is 0 Å². The van der Waals surface area contributed by atoms with Gasteiger partial charge in [-0.3, -0.25) is 9.11 Å². The van der Waals surface area contributed by atoms with E-state index in [0.717, 1.165) is 0 Å². The molecule has 2 aromatic carbocycles. The zero-order valence-corrected chi connectivity index (χ0v) is 18.4. The second-order valence-corrected chi connectivity index (χ2v) is 10.1. The van der Waals surface area contributed by atoms with Crippen LogP contribution in [0.3, 0.4) is 0 Å². The van der Waals surface area contributed by atoms with E-state index in [-0.39, 0.29) is 20.9 Å². The Bertz CT molecular complexity index is 958. The van der Waals surface area contributed by atoms with Crippen LogP contribution in [0.15, 0.2) is 34.1 Å². The van der Waals surface area contributed by atoms with Crippen LogP contribution in [0.5, 0.6) is 0 Å². The van der Waals surface area contributed by atoms with Gasteiger partial charge in [0.15, 0.2) is 0 Å². The Hall–Kier alpha value is -0.280. The van der Waals surface area contributed by atoms with Gasteiger partial charge in [0.1, 0.15) is 9.79 Å². The first-order valence-corrected chi connectivity index (χ1v) is 11.4. The molecule has 2 aromatic rings. The Labute approximate surface area is 167 Å². The van der Waals surface area contributed by atoms with Crippen molar-refractivity contribution in [1.29, 1.82) is 0 Å². The van der Waals surface area contributed by atoms with Crippen LogP contribution in [0.25, 0.3) is 11.1 Å². The molecule has 0 fully saturated rings. The SMILES string of the molecule is Cc1c(I)ccc(-c2ccc(I)c(C)c2S(=O)(=O)O)c1S(=O)(=O)O. The van der Waals surface area contributed by atoms with Crippen LogP contribution < -0.4 is 0 Å². The van der Waals surface area contributed by atoms with Gasteiger partial charge < -0.3 is 0 Å². The lowest BCUT2D eigenvalue weighted by Gasteiger charge is -2.16. The van der Waals surface area contributed by atoms with E-state index in [2.05, 4.69) is 0 Å². The lowest BCUT2D eigenvalue weighted by molar-refractivity contribution is 0.479. The van der Waals surface area contributed by atoms with Crippen molar-refractivity contribution in [3.63, 3.8) is 0 Å². The molecule has 10 heteroatoms. The first-order chi connectivity index (χ1) is 10.9. The van der Waals surface area contributed by atoms with Crippen LogP contribution in [-0.2, 0) is 20.2 Å². The first-order valence-electron chi connectivity index (χ1n) is 6.39. The number of hydrogen-bond acceptors (Lipinski definition) is 4. The molecule has 6 nitrogen and oxygen atoms in total. The Morgan fingerprint density at radius 2 is 1.00 bits per heavy atom. The molecule has 0 radical (unpaired) electrons. The molecule has 0 aliphatic heterocycles. The standard InChI is InChI=1S/C14H12I2O6S2/c1-7-11(15)5-3-9(13(7)23(17,18)19)10-4-6-12(16)8(2)14(10)24(20,21)22/h3-6H,1-2H3,(H,17,18,19)(H,20,21,22). The maximum absolute atomic E-state index is 11.9. The summed E-state index contributed by atoms with van der Waals surface area (Å²) in [6, 6.07) is 6.05. The fourth-order valence-corrected chi connectivity index (χ4v) is 5.59. The number of hydrogen-bond donors (Lipinski definition) is 2. The molecule has 0 aromatic heterocycles. The molecule has 2 N–H and O–H groups in total. The summed E-state index contributed by atoms with van der Waals surface area (Å²) < 4.78 is 67.8. The van der Waals surface area contributed by atoms with Crippen molar-refractivity contribution in [3.8, 4) is 11.1 Å². The summed E-state index contributed by atoms with van der Waals surface area (Å²) in [7, 11) is -9.21. The van der Waals surface area contributed by atoms with E-state index in [1.54, 1.807) is 12.1 Å². The predicted octanol–water partition coefficient (Wildman–Crippen LogP) is 3.67. The molecular weight excluding hydrogens is 582 g/mol. The quantitative estimate of drug-likeness (QED) is 0.415. The highest BCUT2D eigenvalue weighted by molar-refractivity contribution is 14.1. The summed E-state index contributed by atoms with van der Waals surface area (Å²) in [5.74, 6) is 0. The van der Waals surface area contributed by atoms with Crippen LogP contribution in [0.1, 0.15) is 11.1 Å². The van der Waals surface area contributed by atoms with Gasteiger partial charge in [-0.05, 0) is 82.3 Å². The van der Waals surface area contributed by atoms with Gasteiger partial charge >= 0.3 is 0 Å². The van der Waals surface area contributed by atoms with Gasteiger partial charge in [-0.15, -0.1) is 0 Å². The summed E-state index contributed by atoms with van der Waals surface area (Å²) in [4.78, 5) is -0.750. The molecule has 0 bridgehead atoms. The van der Waals surface area contributed by atoms with E-state index in [1.165, 1.54) is 26.0 Å². The largest absolute Gasteiger partial charge is 0.295 e. The number of benzene rings is 2. The minimum Gasteiger partial charge on any atom is -0.282 e. The highest BCUT2D eigenvalue weighted by atomic mass is 127. The lowest BCUT2D eigenvalue weighted by atomic mass is 10.0. The van der Waals surface area contributed by atoms with Crippen molar-refractivity contribution < 1.29 is 25.9 Å². The molecule has 0 aliphatic rings. The van der Waals surface area contributed by atoms with E-state index in [1.807, 2.05) is 45.2 Å². The van der Waals surface area contributed by atoms with Crippen LogP contribution in [-0.4, -0.2) is 25.9 Å². The third kappa shape index (κ3) is 3.77. The monoisotopic (exact) mass is 594 g/mol. The van der Waals surface area contributed by atoms with Crippen LogP contribution in [0.4, 0.5) is 0 Å². The summed E-state index contributed by atoms with van der Waals surface area (Å²) in [5, 5.41) is 0. The minimum atomic E-state index is -4.60. The van der Waals surface area contributed by atoms with Crippen molar-refractivity contribution in [3.05, 3.63) is 42.5 Å². The van der Waals surface area contributed by atoms with E-state index in [0.29, 0.717) is 18.3 Å². The molecular formula is C14H12I2O6S2. The Kier molecular flexibility index (Phi) is 5.67. The third-order valence-electron chi connectivity index (χ3n) is 3.49. The molecule has 0 aliphatic carbocycles. The van der Waals surface area contributed by atoms with Gasteiger partial charge in [0.2, 0.25) is 0 Å². The van der Waals surface area contributed by atoms with Gasteiger partial charge in [-0.2, -0.15) is 16.8 Å². The van der Waals surface area contributed by atoms with E-state index in [4.69, 9.17) is 0 Å². The minimum absolute atomic E-state index is 0.0162. The molecule has 0 amide bonds. The first kappa shape index (κ1) is 20.0. The van der Waals surface area contributed by atoms with Crippen molar-refractivity contribution in [1.82, 2.24) is 0 Å². The highest BCUT2D eigenvalue weighted by Gasteiger charge is 2.27. The molecule has 130 valence electrons. The van der Waals surface area contributed by atoms with Crippen LogP contribution in [0.2, 0.25) is 0 Å². The average molecular weight is 594 g/mol. The maximum Gasteiger partial charge on any atom is 0.295 e. The van der Waals surface area contributed by atoms with Gasteiger partial charge in [-0.25, -0.2) is 0 Å². The van der Waals surface area contributed by atoms with Gasteiger partial charge in [0, 0.05) is 18.3 Å². The fraction of sp³-hybridized carbons (Fsp3) is 0.143. The van der Waals surface area contributed by atoms with Crippen molar-refractivity contribution in [2.24, 2.45) is 0 Å². The summed E-state index contributed by atoms with van der Waals surface area (Å²) in [5.41, 5.74) is 0.631. The maximum atomic E-state index is 11.9. The molecule has 0 saturated heterocycles. The Balaban J connectivity index is 3.06. The predicted molar refractivity (Wildman–Crippen MR) is 106 cm³/mol. The third-order valence-corrected chi connectivity index (χ3v) is 7.91. The summed E-state index contributed by atoms with van der Waals surface area (Å²) in [6.07, 6.45) is 0. The molecule has 2 rings (SSSR count). The molecule has 0 spiro atoms.